The zero-order valence-electron chi connectivity index (χ0n) is 11.5. The minimum atomic E-state index is -3.38. The molecule has 0 bridgehead atoms. The maximum Gasteiger partial charge on any atom is 0.243 e. The van der Waals surface area contributed by atoms with Gasteiger partial charge in [0.15, 0.2) is 0 Å². The monoisotopic (exact) mass is 358 g/mol. The molecule has 2 heterocycles. The molecular formula is C14H19BrN2O2S. The molecule has 6 heteroatoms. The molecule has 0 N–H and O–H groups in total. The number of hydrogen-bond acceptors (Lipinski definition) is 3. The molecule has 20 heavy (non-hydrogen) atoms. The van der Waals surface area contributed by atoms with E-state index in [4.69, 9.17) is 0 Å². The van der Waals surface area contributed by atoms with Gasteiger partial charge in [0.1, 0.15) is 0 Å². The van der Waals surface area contributed by atoms with E-state index in [0.29, 0.717) is 24.0 Å². The van der Waals surface area contributed by atoms with Crippen LogP contribution < -0.4 is 0 Å². The van der Waals surface area contributed by atoms with E-state index >= 15 is 0 Å². The van der Waals surface area contributed by atoms with Gasteiger partial charge in [0.25, 0.3) is 0 Å². The number of sulfonamides is 1. The van der Waals surface area contributed by atoms with Crippen LogP contribution >= 0.6 is 15.9 Å². The molecule has 0 saturated carbocycles. The van der Waals surface area contributed by atoms with Crippen molar-refractivity contribution in [3.63, 3.8) is 0 Å². The first-order valence-corrected chi connectivity index (χ1v) is 9.22. The van der Waals surface area contributed by atoms with E-state index < -0.39 is 10.0 Å². The first-order chi connectivity index (χ1) is 9.48. The summed E-state index contributed by atoms with van der Waals surface area (Å²) >= 11 is 3.37. The predicted octanol–water partition coefficient (Wildman–Crippen LogP) is 2.23. The van der Waals surface area contributed by atoms with Gasteiger partial charge in [0.2, 0.25) is 10.0 Å². The summed E-state index contributed by atoms with van der Waals surface area (Å²) in [6, 6.07) is 5.85. The maximum atomic E-state index is 12.8. The lowest BCUT2D eigenvalue weighted by atomic mass is 10.2. The molecule has 2 aliphatic rings. The molecule has 4 nitrogen and oxygen atoms in total. The summed E-state index contributed by atoms with van der Waals surface area (Å²) in [6.07, 6.45) is 2.30. The molecule has 110 valence electrons. The second-order valence-corrected chi connectivity index (χ2v) is 8.43. The van der Waals surface area contributed by atoms with Gasteiger partial charge in [-0.25, -0.2) is 8.42 Å². The van der Waals surface area contributed by atoms with Gasteiger partial charge in [-0.3, -0.25) is 4.90 Å². The normalized spacial score (nSPS) is 24.8. The molecule has 0 amide bonds. The zero-order valence-corrected chi connectivity index (χ0v) is 14.0. The lowest BCUT2D eigenvalue weighted by Crippen LogP contribution is -2.51. The van der Waals surface area contributed by atoms with Crippen molar-refractivity contribution >= 4 is 26.0 Å². The first kappa shape index (κ1) is 14.5. The van der Waals surface area contributed by atoms with Gasteiger partial charge in [-0.2, -0.15) is 4.31 Å². The summed E-state index contributed by atoms with van der Waals surface area (Å²) in [6.45, 7) is 5.07. The van der Waals surface area contributed by atoms with Crippen molar-refractivity contribution in [3.8, 4) is 0 Å². The van der Waals surface area contributed by atoms with E-state index in [-0.39, 0.29) is 0 Å². The zero-order chi connectivity index (χ0) is 14.3. The van der Waals surface area contributed by atoms with Crippen LogP contribution in [0.2, 0.25) is 0 Å². The maximum absolute atomic E-state index is 12.8. The molecule has 2 aliphatic heterocycles. The van der Waals surface area contributed by atoms with E-state index in [1.54, 1.807) is 10.4 Å². The van der Waals surface area contributed by atoms with Gasteiger partial charge in [-0.1, -0.05) is 22.0 Å². The number of nitrogens with zero attached hydrogens (tertiary/aromatic N) is 2. The first-order valence-electron chi connectivity index (χ1n) is 6.99. The molecular weight excluding hydrogens is 340 g/mol. The van der Waals surface area contributed by atoms with Crippen LogP contribution in [0.3, 0.4) is 0 Å². The lowest BCUT2D eigenvalue weighted by molar-refractivity contribution is 0.158. The third-order valence-corrected chi connectivity index (χ3v) is 6.82. The molecule has 1 unspecified atom stereocenters. The van der Waals surface area contributed by atoms with Gasteiger partial charge in [0.05, 0.1) is 4.90 Å². The standard InChI is InChI=1S/C14H19BrN2O2S/c1-11-4-5-12(15)9-14(11)20(18,19)17-8-7-16-6-2-3-13(16)10-17/h4-5,9,13H,2-3,6-8,10H2,1H3. The highest BCUT2D eigenvalue weighted by atomic mass is 79.9. The van der Waals surface area contributed by atoms with Gasteiger partial charge in [-0.05, 0) is 44.0 Å². The molecule has 1 atom stereocenters. The van der Waals surface area contributed by atoms with Gasteiger partial charge in [0, 0.05) is 30.1 Å². The Morgan fingerprint density at radius 2 is 2.05 bits per heavy atom. The van der Waals surface area contributed by atoms with Crippen molar-refractivity contribution in [1.29, 1.82) is 0 Å². The van der Waals surface area contributed by atoms with Crippen molar-refractivity contribution in [2.75, 3.05) is 26.2 Å². The van der Waals surface area contributed by atoms with Gasteiger partial charge in [-0.15, -0.1) is 0 Å². The predicted molar refractivity (Wildman–Crippen MR) is 82.2 cm³/mol. The topological polar surface area (TPSA) is 40.6 Å². The van der Waals surface area contributed by atoms with Crippen molar-refractivity contribution in [2.45, 2.75) is 30.7 Å². The highest BCUT2D eigenvalue weighted by molar-refractivity contribution is 9.10. The van der Waals surface area contributed by atoms with Crippen LogP contribution in [0.15, 0.2) is 27.6 Å². The van der Waals surface area contributed by atoms with Crippen LogP contribution in [0.1, 0.15) is 18.4 Å². The Kier molecular flexibility index (Phi) is 3.92. The quantitative estimate of drug-likeness (QED) is 0.813. The summed E-state index contributed by atoms with van der Waals surface area (Å²) in [5.41, 5.74) is 0.807. The van der Waals surface area contributed by atoms with E-state index in [1.807, 2.05) is 19.1 Å². The average Bonchev–Trinajstić information content (AvgIpc) is 2.88. The van der Waals surface area contributed by atoms with Crippen molar-refractivity contribution in [1.82, 2.24) is 9.21 Å². The fourth-order valence-corrected chi connectivity index (χ4v) is 5.40. The van der Waals surface area contributed by atoms with Gasteiger partial charge < -0.3 is 0 Å². The molecule has 2 fully saturated rings. The highest BCUT2D eigenvalue weighted by Crippen LogP contribution is 2.28. The van der Waals surface area contributed by atoms with Crippen LogP contribution in [-0.4, -0.2) is 49.8 Å². The fourth-order valence-electron chi connectivity index (χ4n) is 3.17. The molecule has 0 aliphatic carbocycles. The molecule has 1 aromatic carbocycles. The number of hydrogen-bond donors (Lipinski definition) is 0. The minimum Gasteiger partial charge on any atom is -0.298 e. The second-order valence-electron chi connectivity index (χ2n) is 5.60. The van der Waals surface area contributed by atoms with E-state index in [9.17, 15) is 8.42 Å². The van der Waals surface area contributed by atoms with E-state index in [2.05, 4.69) is 20.8 Å². The Hall–Kier alpha value is -0.430. The van der Waals surface area contributed by atoms with Crippen molar-refractivity contribution < 1.29 is 8.42 Å². The highest BCUT2D eigenvalue weighted by Gasteiger charge is 2.36. The Morgan fingerprint density at radius 1 is 1.25 bits per heavy atom. The Bertz CT molecular complexity index is 618. The summed E-state index contributed by atoms with van der Waals surface area (Å²) in [5, 5.41) is 0. The van der Waals surface area contributed by atoms with Crippen LogP contribution in [-0.2, 0) is 10.0 Å². The number of piperazine rings is 1. The molecule has 0 radical (unpaired) electrons. The lowest BCUT2D eigenvalue weighted by Gasteiger charge is -2.36. The van der Waals surface area contributed by atoms with E-state index in [0.717, 1.165) is 29.5 Å². The number of aryl methyl sites for hydroxylation is 1. The number of benzene rings is 1. The largest absolute Gasteiger partial charge is 0.298 e. The second kappa shape index (κ2) is 5.40. The molecule has 2 saturated heterocycles. The van der Waals surface area contributed by atoms with Crippen molar-refractivity contribution in [3.05, 3.63) is 28.2 Å². The molecule has 0 aromatic heterocycles. The van der Waals surface area contributed by atoms with Gasteiger partial charge >= 0.3 is 0 Å². The summed E-state index contributed by atoms with van der Waals surface area (Å²) in [4.78, 5) is 2.85. The summed E-state index contributed by atoms with van der Waals surface area (Å²) in [7, 11) is -3.38. The van der Waals surface area contributed by atoms with Crippen LogP contribution in [0.25, 0.3) is 0 Å². The fraction of sp³-hybridized carbons (Fsp3) is 0.571. The molecule has 1 aromatic rings. The number of halogens is 1. The van der Waals surface area contributed by atoms with Crippen molar-refractivity contribution in [2.24, 2.45) is 0 Å². The SMILES string of the molecule is Cc1ccc(Br)cc1S(=O)(=O)N1CCN2CCCC2C1. The summed E-state index contributed by atoms with van der Waals surface area (Å²) < 4.78 is 28.1. The smallest absolute Gasteiger partial charge is 0.243 e. The van der Waals surface area contributed by atoms with Crippen LogP contribution in [0.5, 0.6) is 0 Å². The Balaban J connectivity index is 1.90. The third-order valence-electron chi connectivity index (χ3n) is 4.32. The number of rotatable bonds is 2. The third kappa shape index (κ3) is 2.54. The van der Waals surface area contributed by atoms with Crippen LogP contribution in [0, 0.1) is 6.92 Å². The van der Waals surface area contributed by atoms with Crippen LogP contribution in [0.4, 0.5) is 0 Å². The van der Waals surface area contributed by atoms with E-state index in [1.165, 1.54) is 6.42 Å². The molecule has 0 spiro atoms. The number of fused-ring (bicyclic) bond motifs is 1. The summed E-state index contributed by atoms with van der Waals surface area (Å²) in [5.74, 6) is 0. The average molecular weight is 359 g/mol. The molecule has 3 rings (SSSR count). The minimum absolute atomic E-state index is 0.408. The Morgan fingerprint density at radius 3 is 2.85 bits per heavy atom. The Labute approximate surface area is 128 Å².